The fraction of sp³-hybridized carbons (Fsp3) is 0.438. The third kappa shape index (κ3) is 3.54. The first kappa shape index (κ1) is 13.5. The van der Waals surface area contributed by atoms with Crippen molar-refractivity contribution in [3.8, 4) is 0 Å². The minimum Gasteiger partial charge on any atom is -0.379 e. The summed E-state index contributed by atoms with van der Waals surface area (Å²) in [5, 5.41) is 1.17. The molecule has 0 aliphatic carbocycles. The molecule has 1 aliphatic rings. The van der Waals surface area contributed by atoms with Gasteiger partial charge in [-0.15, -0.1) is 0 Å². The second-order valence-electron chi connectivity index (χ2n) is 5.04. The summed E-state index contributed by atoms with van der Waals surface area (Å²) in [5.74, 6) is 0. The van der Waals surface area contributed by atoms with Crippen molar-refractivity contribution in [2.75, 3.05) is 39.5 Å². The van der Waals surface area contributed by atoms with Gasteiger partial charge in [0, 0.05) is 31.2 Å². The van der Waals surface area contributed by atoms with Crippen LogP contribution in [-0.2, 0) is 16.1 Å². The second-order valence-corrected chi connectivity index (χ2v) is 5.04. The van der Waals surface area contributed by atoms with E-state index in [1.807, 2.05) is 24.4 Å². The fourth-order valence-electron chi connectivity index (χ4n) is 2.40. The van der Waals surface area contributed by atoms with Crippen LogP contribution in [0.25, 0.3) is 10.9 Å². The molecular formula is C16H20N2O2. The summed E-state index contributed by atoms with van der Waals surface area (Å²) in [4.78, 5) is 6.82. The van der Waals surface area contributed by atoms with Crippen LogP contribution >= 0.6 is 0 Å². The van der Waals surface area contributed by atoms with Crippen molar-refractivity contribution in [3.05, 3.63) is 42.1 Å². The standard InChI is InChI=1S/C16H20N2O2/c1-2-4-16-15(3-1)11-14(12-17-16)13-20-10-7-18-5-8-19-9-6-18/h1-4,11-12H,5-10,13H2. The van der Waals surface area contributed by atoms with Crippen molar-refractivity contribution < 1.29 is 9.47 Å². The highest BCUT2D eigenvalue weighted by Gasteiger charge is 2.09. The zero-order chi connectivity index (χ0) is 13.6. The topological polar surface area (TPSA) is 34.6 Å². The van der Waals surface area contributed by atoms with E-state index in [9.17, 15) is 0 Å². The highest BCUT2D eigenvalue weighted by Crippen LogP contribution is 2.13. The van der Waals surface area contributed by atoms with Crippen molar-refractivity contribution >= 4 is 10.9 Å². The number of para-hydroxylation sites is 1. The third-order valence-corrected chi connectivity index (χ3v) is 3.57. The van der Waals surface area contributed by atoms with Gasteiger partial charge in [0.15, 0.2) is 0 Å². The zero-order valence-electron chi connectivity index (χ0n) is 11.6. The van der Waals surface area contributed by atoms with Gasteiger partial charge in [0.2, 0.25) is 0 Å². The molecular weight excluding hydrogens is 252 g/mol. The Morgan fingerprint density at radius 2 is 2.05 bits per heavy atom. The van der Waals surface area contributed by atoms with Crippen LogP contribution in [0.3, 0.4) is 0 Å². The van der Waals surface area contributed by atoms with E-state index in [1.54, 1.807) is 0 Å². The summed E-state index contributed by atoms with van der Waals surface area (Å²) >= 11 is 0. The van der Waals surface area contributed by atoms with E-state index >= 15 is 0 Å². The summed E-state index contributed by atoms with van der Waals surface area (Å²) in [6, 6.07) is 10.3. The molecule has 1 aromatic carbocycles. The maximum absolute atomic E-state index is 5.75. The van der Waals surface area contributed by atoms with Crippen LogP contribution in [0.5, 0.6) is 0 Å². The quantitative estimate of drug-likeness (QED) is 0.781. The molecule has 1 fully saturated rings. The zero-order valence-corrected chi connectivity index (χ0v) is 11.6. The molecule has 0 amide bonds. The average Bonchev–Trinajstić information content (AvgIpc) is 2.52. The first-order valence-electron chi connectivity index (χ1n) is 7.13. The molecule has 0 N–H and O–H groups in total. The van der Waals surface area contributed by atoms with E-state index in [1.165, 1.54) is 5.39 Å². The largest absolute Gasteiger partial charge is 0.379 e. The Morgan fingerprint density at radius 3 is 2.95 bits per heavy atom. The van der Waals surface area contributed by atoms with Crippen LogP contribution in [0, 0.1) is 0 Å². The van der Waals surface area contributed by atoms with Crippen molar-refractivity contribution in [1.82, 2.24) is 9.88 Å². The molecule has 3 rings (SSSR count). The lowest BCUT2D eigenvalue weighted by Gasteiger charge is -2.26. The van der Waals surface area contributed by atoms with Crippen molar-refractivity contribution in [2.45, 2.75) is 6.61 Å². The van der Waals surface area contributed by atoms with Gasteiger partial charge in [-0.1, -0.05) is 18.2 Å². The van der Waals surface area contributed by atoms with E-state index in [0.29, 0.717) is 6.61 Å². The van der Waals surface area contributed by atoms with E-state index in [2.05, 4.69) is 22.0 Å². The van der Waals surface area contributed by atoms with Crippen LogP contribution in [0.4, 0.5) is 0 Å². The first-order valence-corrected chi connectivity index (χ1v) is 7.13. The molecule has 2 aromatic rings. The molecule has 0 spiro atoms. The molecule has 1 saturated heterocycles. The van der Waals surface area contributed by atoms with Crippen molar-refractivity contribution in [3.63, 3.8) is 0 Å². The van der Waals surface area contributed by atoms with Gasteiger partial charge in [0.05, 0.1) is 31.9 Å². The predicted molar refractivity (Wildman–Crippen MR) is 78.7 cm³/mol. The summed E-state index contributed by atoms with van der Waals surface area (Å²) in [6.45, 7) is 6.07. The maximum atomic E-state index is 5.75. The number of hydrogen-bond acceptors (Lipinski definition) is 4. The van der Waals surface area contributed by atoms with Gasteiger partial charge in [-0.05, 0) is 17.7 Å². The molecule has 1 aromatic heterocycles. The molecule has 4 nitrogen and oxygen atoms in total. The highest BCUT2D eigenvalue weighted by atomic mass is 16.5. The van der Waals surface area contributed by atoms with Gasteiger partial charge in [0.25, 0.3) is 0 Å². The number of ether oxygens (including phenoxy) is 2. The summed E-state index contributed by atoms with van der Waals surface area (Å²) < 4.78 is 11.1. The molecule has 0 unspecified atom stereocenters. The average molecular weight is 272 g/mol. The first-order chi connectivity index (χ1) is 9.92. The molecule has 20 heavy (non-hydrogen) atoms. The molecule has 0 radical (unpaired) electrons. The lowest BCUT2D eigenvalue weighted by atomic mass is 10.2. The van der Waals surface area contributed by atoms with Gasteiger partial charge >= 0.3 is 0 Å². The smallest absolute Gasteiger partial charge is 0.0732 e. The molecule has 4 heteroatoms. The van der Waals surface area contributed by atoms with E-state index < -0.39 is 0 Å². The number of morpholine rings is 1. The summed E-state index contributed by atoms with van der Waals surface area (Å²) in [5.41, 5.74) is 2.16. The SMILES string of the molecule is c1ccc2ncc(COCCN3CCOCC3)cc2c1. The number of hydrogen-bond donors (Lipinski definition) is 0. The Hall–Kier alpha value is -1.49. The lowest BCUT2D eigenvalue weighted by molar-refractivity contribution is 0.0180. The van der Waals surface area contributed by atoms with E-state index in [0.717, 1.165) is 50.5 Å². The molecule has 106 valence electrons. The number of pyridine rings is 1. The number of fused-ring (bicyclic) bond motifs is 1. The third-order valence-electron chi connectivity index (χ3n) is 3.57. The van der Waals surface area contributed by atoms with Crippen molar-refractivity contribution in [1.29, 1.82) is 0 Å². The second kappa shape index (κ2) is 6.79. The number of nitrogens with zero attached hydrogens (tertiary/aromatic N) is 2. The Bertz CT molecular complexity index is 553. The molecule has 0 saturated carbocycles. The minimum atomic E-state index is 0.627. The fourth-order valence-corrected chi connectivity index (χ4v) is 2.40. The number of rotatable bonds is 5. The number of benzene rings is 1. The normalized spacial score (nSPS) is 16.6. The predicted octanol–water partition coefficient (Wildman–Crippen LogP) is 2.08. The Morgan fingerprint density at radius 1 is 1.20 bits per heavy atom. The molecule has 0 atom stereocenters. The minimum absolute atomic E-state index is 0.627. The summed E-state index contributed by atoms with van der Waals surface area (Å²) in [6.07, 6.45) is 1.90. The molecule has 2 heterocycles. The Balaban J connectivity index is 1.47. The van der Waals surface area contributed by atoms with Crippen LogP contribution in [-0.4, -0.2) is 49.3 Å². The van der Waals surface area contributed by atoms with Crippen LogP contribution in [0.2, 0.25) is 0 Å². The summed E-state index contributed by atoms with van der Waals surface area (Å²) in [7, 11) is 0. The maximum Gasteiger partial charge on any atom is 0.0732 e. The monoisotopic (exact) mass is 272 g/mol. The van der Waals surface area contributed by atoms with E-state index in [4.69, 9.17) is 9.47 Å². The van der Waals surface area contributed by atoms with Gasteiger partial charge in [-0.2, -0.15) is 0 Å². The van der Waals surface area contributed by atoms with Gasteiger partial charge in [0.1, 0.15) is 0 Å². The van der Waals surface area contributed by atoms with Gasteiger partial charge < -0.3 is 9.47 Å². The van der Waals surface area contributed by atoms with Gasteiger partial charge in [-0.25, -0.2) is 0 Å². The molecule has 0 bridgehead atoms. The van der Waals surface area contributed by atoms with Gasteiger partial charge in [-0.3, -0.25) is 9.88 Å². The van der Waals surface area contributed by atoms with Crippen LogP contribution in [0.15, 0.2) is 36.5 Å². The van der Waals surface area contributed by atoms with Crippen molar-refractivity contribution in [2.24, 2.45) is 0 Å². The van der Waals surface area contributed by atoms with E-state index in [-0.39, 0.29) is 0 Å². The Labute approximate surface area is 119 Å². The van der Waals surface area contributed by atoms with Crippen LogP contribution in [0.1, 0.15) is 5.56 Å². The number of aromatic nitrogens is 1. The lowest BCUT2D eigenvalue weighted by Crippen LogP contribution is -2.38. The Kier molecular flexibility index (Phi) is 4.58. The highest BCUT2D eigenvalue weighted by molar-refractivity contribution is 5.78. The van der Waals surface area contributed by atoms with Crippen LogP contribution < -0.4 is 0 Å². The molecule has 1 aliphatic heterocycles.